The molecule has 96 valence electrons. The first-order valence-corrected chi connectivity index (χ1v) is 5.78. The number of nitrogens with zero attached hydrogens (tertiary/aromatic N) is 2. The number of halogens is 1. The van der Waals surface area contributed by atoms with E-state index < -0.39 is 16.9 Å². The number of benzene rings is 1. The summed E-state index contributed by atoms with van der Waals surface area (Å²) >= 11 is 5.68. The van der Waals surface area contributed by atoms with Crippen LogP contribution in [0.2, 0.25) is 5.02 Å². The van der Waals surface area contributed by atoms with Crippen LogP contribution in [0.25, 0.3) is 0 Å². The van der Waals surface area contributed by atoms with Gasteiger partial charge in [-0.1, -0.05) is 11.6 Å². The molecule has 1 aliphatic heterocycles. The molecule has 7 heteroatoms. The second-order valence-corrected chi connectivity index (χ2v) is 4.55. The van der Waals surface area contributed by atoms with Crippen molar-refractivity contribution in [2.24, 2.45) is 0 Å². The fourth-order valence-corrected chi connectivity index (χ4v) is 2.10. The monoisotopic (exact) mass is 270 g/mol. The van der Waals surface area contributed by atoms with E-state index in [2.05, 4.69) is 0 Å². The topological polar surface area (TPSA) is 83.7 Å². The van der Waals surface area contributed by atoms with Crippen molar-refractivity contribution in [1.29, 1.82) is 0 Å². The number of nitro benzene ring substituents is 1. The van der Waals surface area contributed by atoms with Gasteiger partial charge in [-0.3, -0.25) is 14.9 Å². The number of rotatable bonds is 2. The number of hydrogen-bond acceptors (Lipinski definition) is 4. The molecule has 2 rings (SSSR count). The second kappa shape index (κ2) is 4.91. The minimum atomic E-state index is -0.633. The van der Waals surface area contributed by atoms with E-state index in [0.29, 0.717) is 13.0 Å². The molecule has 6 nitrogen and oxygen atoms in total. The van der Waals surface area contributed by atoms with Gasteiger partial charge in [0.05, 0.1) is 11.0 Å². The van der Waals surface area contributed by atoms with Crippen LogP contribution in [0.1, 0.15) is 16.8 Å². The normalized spacial score (nSPS) is 19.0. The average molecular weight is 271 g/mol. The Morgan fingerprint density at radius 2 is 2.28 bits per heavy atom. The van der Waals surface area contributed by atoms with Crippen molar-refractivity contribution in [3.8, 4) is 0 Å². The lowest BCUT2D eigenvalue weighted by atomic mass is 10.1. The zero-order valence-electron chi connectivity index (χ0n) is 9.38. The van der Waals surface area contributed by atoms with E-state index in [1.807, 2.05) is 0 Å². The fourth-order valence-electron chi connectivity index (χ4n) is 1.93. The highest BCUT2D eigenvalue weighted by Crippen LogP contribution is 2.25. The predicted octanol–water partition coefficient (Wildman–Crippen LogP) is 1.46. The van der Waals surface area contributed by atoms with Crippen LogP contribution in [0.15, 0.2) is 18.2 Å². The Morgan fingerprint density at radius 3 is 2.83 bits per heavy atom. The largest absolute Gasteiger partial charge is 0.391 e. The number of aliphatic hydroxyl groups is 1. The van der Waals surface area contributed by atoms with E-state index in [9.17, 15) is 20.0 Å². The highest BCUT2D eigenvalue weighted by atomic mass is 35.5. The summed E-state index contributed by atoms with van der Waals surface area (Å²) in [6.45, 7) is 0.610. The molecule has 1 atom stereocenters. The number of carbonyl (C=O) groups excluding carboxylic acids is 1. The van der Waals surface area contributed by atoms with E-state index in [-0.39, 0.29) is 22.8 Å². The minimum absolute atomic E-state index is 0.00139. The summed E-state index contributed by atoms with van der Waals surface area (Å²) in [5.74, 6) is -0.449. The maximum Gasteiger partial charge on any atom is 0.283 e. The first kappa shape index (κ1) is 12.8. The average Bonchev–Trinajstić information content (AvgIpc) is 2.75. The van der Waals surface area contributed by atoms with Crippen LogP contribution in [-0.2, 0) is 0 Å². The van der Waals surface area contributed by atoms with Crippen LogP contribution in [0.4, 0.5) is 5.69 Å². The van der Waals surface area contributed by atoms with E-state index in [0.717, 1.165) is 6.07 Å². The van der Waals surface area contributed by atoms with Crippen molar-refractivity contribution in [2.75, 3.05) is 13.1 Å². The molecule has 1 N–H and O–H groups in total. The van der Waals surface area contributed by atoms with Crippen LogP contribution >= 0.6 is 11.6 Å². The molecule has 0 aliphatic carbocycles. The molecule has 0 unspecified atom stereocenters. The van der Waals surface area contributed by atoms with Crippen molar-refractivity contribution in [1.82, 2.24) is 4.90 Å². The van der Waals surface area contributed by atoms with Gasteiger partial charge in [0.15, 0.2) is 0 Å². The Bertz CT molecular complexity index is 506. The Hall–Kier alpha value is -1.66. The highest BCUT2D eigenvalue weighted by Gasteiger charge is 2.29. The van der Waals surface area contributed by atoms with Crippen LogP contribution in [0, 0.1) is 10.1 Å². The number of amides is 1. The van der Waals surface area contributed by atoms with Crippen molar-refractivity contribution in [3.05, 3.63) is 38.9 Å². The lowest BCUT2D eigenvalue weighted by Gasteiger charge is -2.15. The van der Waals surface area contributed by atoms with Crippen LogP contribution in [0.5, 0.6) is 0 Å². The molecular weight excluding hydrogens is 260 g/mol. The molecule has 0 saturated carbocycles. The fraction of sp³-hybridized carbons (Fsp3) is 0.364. The van der Waals surface area contributed by atoms with Gasteiger partial charge in [0.2, 0.25) is 0 Å². The zero-order valence-corrected chi connectivity index (χ0v) is 10.1. The van der Waals surface area contributed by atoms with E-state index in [1.165, 1.54) is 17.0 Å². The van der Waals surface area contributed by atoms with Gasteiger partial charge in [-0.15, -0.1) is 0 Å². The standard InChI is InChI=1S/C11H11ClN2O4/c12-7-1-2-9(10(5-7)14(17)18)11(16)13-4-3-8(15)6-13/h1-2,5,8,15H,3-4,6H2/t8-/m1/s1. The number of nitro groups is 1. The highest BCUT2D eigenvalue weighted by molar-refractivity contribution is 6.31. The third-order valence-electron chi connectivity index (χ3n) is 2.84. The van der Waals surface area contributed by atoms with Gasteiger partial charge >= 0.3 is 0 Å². The third kappa shape index (κ3) is 2.44. The second-order valence-electron chi connectivity index (χ2n) is 4.11. The quantitative estimate of drug-likeness (QED) is 0.651. The van der Waals surface area contributed by atoms with E-state index in [1.54, 1.807) is 0 Å². The van der Waals surface area contributed by atoms with Crippen LogP contribution < -0.4 is 0 Å². The summed E-state index contributed by atoms with van der Waals surface area (Å²) in [7, 11) is 0. The number of likely N-dealkylation sites (tertiary alicyclic amines) is 1. The molecule has 0 aromatic heterocycles. The SMILES string of the molecule is O=C(c1ccc(Cl)cc1[N+](=O)[O-])N1CC[C@@H](O)C1. The molecule has 1 heterocycles. The van der Waals surface area contributed by atoms with Gasteiger partial charge in [0.1, 0.15) is 5.56 Å². The molecule has 1 aromatic rings. The molecule has 0 bridgehead atoms. The lowest BCUT2D eigenvalue weighted by Crippen LogP contribution is -2.30. The molecular formula is C11H11ClN2O4. The van der Waals surface area contributed by atoms with E-state index in [4.69, 9.17) is 11.6 Å². The maximum atomic E-state index is 12.1. The first-order valence-electron chi connectivity index (χ1n) is 5.40. The number of β-amino-alcohol motifs (C(OH)–C–C–N with tert-alkyl or cyclic N) is 1. The van der Waals surface area contributed by atoms with Gasteiger partial charge in [0, 0.05) is 24.2 Å². The molecule has 1 aliphatic rings. The summed E-state index contributed by atoms with van der Waals surface area (Å²) in [4.78, 5) is 23.8. The Kier molecular flexibility index (Phi) is 3.49. The zero-order chi connectivity index (χ0) is 13.3. The van der Waals surface area contributed by atoms with Gasteiger partial charge in [0.25, 0.3) is 11.6 Å². The number of aliphatic hydroxyl groups excluding tert-OH is 1. The lowest BCUT2D eigenvalue weighted by molar-refractivity contribution is -0.385. The van der Waals surface area contributed by atoms with Gasteiger partial charge < -0.3 is 10.0 Å². The van der Waals surface area contributed by atoms with Crippen LogP contribution in [-0.4, -0.2) is 40.0 Å². The summed E-state index contributed by atoms with van der Waals surface area (Å²) < 4.78 is 0. The number of carbonyl (C=O) groups is 1. The summed E-state index contributed by atoms with van der Waals surface area (Å²) in [6, 6.07) is 3.93. The van der Waals surface area contributed by atoms with Crippen molar-refractivity contribution in [3.63, 3.8) is 0 Å². The predicted molar refractivity (Wildman–Crippen MR) is 64.6 cm³/mol. The van der Waals surface area contributed by atoms with Gasteiger partial charge in [-0.05, 0) is 18.6 Å². The molecule has 0 spiro atoms. The van der Waals surface area contributed by atoms with Crippen molar-refractivity contribution in [2.45, 2.75) is 12.5 Å². The maximum absolute atomic E-state index is 12.1. The third-order valence-corrected chi connectivity index (χ3v) is 3.07. The summed E-state index contributed by atoms with van der Waals surface area (Å²) in [6.07, 6.45) is -0.0621. The van der Waals surface area contributed by atoms with Crippen molar-refractivity contribution < 1.29 is 14.8 Å². The smallest absolute Gasteiger partial charge is 0.283 e. The summed E-state index contributed by atoms with van der Waals surface area (Å²) in [5, 5.41) is 20.5. The van der Waals surface area contributed by atoms with Crippen LogP contribution in [0.3, 0.4) is 0 Å². The Morgan fingerprint density at radius 1 is 1.56 bits per heavy atom. The van der Waals surface area contributed by atoms with Gasteiger partial charge in [-0.25, -0.2) is 0 Å². The molecule has 1 saturated heterocycles. The molecule has 1 fully saturated rings. The van der Waals surface area contributed by atoms with Gasteiger partial charge in [-0.2, -0.15) is 0 Å². The van der Waals surface area contributed by atoms with E-state index >= 15 is 0 Å². The number of hydrogen-bond donors (Lipinski definition) is 1. The first-order chi connectivity index (χ1) is 8.49. The molecule has 1 aromatic carbocycles. The Labute approximate surface area is 108 Å². The summed E-state index contributed by atoms with van der Waals surface area (Å²) in [5.41, 5.74) is -0.313. The minimum Gasteiger partial charge on any atom is -0.391 e. The Balaban J connectivity index is 2.33. The molecule has 0 radical (unpaired) electrons. The molecule has 1 amide bonds. The van der Waals surface area contributed by atoms with Crippen molar-refractivity contribution >= 4 is 23.2 Å². The molecule has 18 heavy (non-hydrogen) atoms.